The summed E-state index contributed by atoms with van der Waals surface area (Å²) in [6.45, 7) is 0.474. The van der Waals surface area contributed by atoms with Gasteiger partial charge in [-0.3, -0.25) is 4.79 Å². The molecule has 0 spiro atoms. The van der Waals surface area contributed by atoms with Gasteiger partial charge in [0.05, 0.1) is 5.56 Å². The highest BCUT2D eigenvalue weighted by Crippen LogP contribution is 2.32. The molecule has 5 rings (SSSR count). The van der Waals surface area contributed by atoms with Gasteiger partial charge in [0.2, 0.25) is 0 Å². The number of aromatic carboxylic acids is 1. The molecule has 3 N–H and O–H groups in total. The number of rotatable bonds is 6. The van der Waals surface area contributed by atoms with Crippen molar-refractivity contribution in [2.75, 3.05) is 5.75 Å². The van der Waals surface area contributed by atoms with Crippen molar-refractivity contribution < 1.29 is 19.8 Å². The number of amides is 1. The lowest BCUT2D eigenvalue weighted by Gasteiger charge is -2.10. The number of benzene rings is 4. The minimum atomic E-state index is -0.971. The molecule has 1 aliphatic heterocycles. The molecule has 1 aliphatic rings. The van der Waals surface area contributed by atoms with Gasteiger partial charge in [0.15, 0.2) is 0 Å². The van der Waals surface area contributed by atoms with Gasteiger partial charge < -0.3 is 15.5 Å². The molecule has 0 saturated carbocycles. The molecule has 0 atom stereocenters. The minimum absolute atomic E-state index is 0.143. The lowest BCUT2D eigenvalue weighted by Crippen LogP contribution is -2.22. The van der Waals surface area contributed by atoms with Gasteiger partial charge in [-0.15, -0.1) is 11.8 Å². The van der Waals surface area contributed by atoms with E-state index >= 15 is 0 Å². The Morgan fingerprint density at radius 3 is 2.41 bits per heavy atom. The fourth-order valence-electron chi connectivity index (χ4n) is 4.24. The lowest BCUT2D eigenvalue weighted by molar-refractivity contribution is 0.0696. The van der Waals surface area contributed by atoms with Gasteiger partial charge in [0, 0.05) is 29.2 Å². The summed E-state index contributed by atoms with van der Waals surface area (Å²) in [6, 6.07) is 22.0. The predicted molar refractivity (Wildman–Crippen MR) is 134 cm³/mol. The first-order chi connectivity index (χ1) is 16.5. The summed E-state index contributed by atoms with van der Waals surface area (Å²) in [5.41, 5.74) is 4.84. The Morgan fingerprint density at radius 1 is 0.853 bits per heavy atom. The van der Waals surface area contributed by atoms with Crippen LogP contribution in [0.15, 0.2) is 77.7 Å². The maximum atomic E-state index is 12.8. The first-order valence-corrected chi connectivity index (χ1v) is 12.1. The van der Waals surface area contributed by atoms with E-state index in [1.54, 1.807) is 36.4 Å². The molecule has 5 nitrogen and oxygen atoms in total. The molecular weight excluding hydrogens is 446 g/mol. The number of phenolic OH excluding ortho intramolecular Hbond substituents is 1. The Kier molecular flexibility index (Phi) is 5.99. The van der Waals surface area contributed by atoms with Gasteiger partial charge in [-0.2, -0.15) is 0 Å². The number of aryl methyl sites for hydroxylation is 1. The topological polar surface area (TPSA) is 86.6 Å². The first-order valence-electron chi connectivity index (χ1n) is 11.1. The third kappa shape index (κ3) is 4.63. The Bertz CT molecular complexity index is 1410. The standard InChI is InChI=1S/C28H23NO4S/c30-25-15-20-6-7-22(27(31)29-16-18-3-8-26-21(12-18)9-10-34-26)13-23(20)14-24(25)11-17-1-4-19(5-2-17)28(32)33/h1-8,12-15,30H,9-11,16H2,(H,29,31)(H,32,33). The number of carbonyl (C=O) groups excluding carboxylic acids is 1. The van der Waals surface area contributed by atoms with Crippen molar-refractivity contribution in [3.05, 3.63) is 106 Å². The number of aromatic hydroxyl groups is 1. The van der Waals surface area contributed by atoms with E-state index in [9.17, 15) is 14.7 Å². The fraction of sp³-hybridized carbons (Fsp3) is 0.143. The van der Waals surface area contributed by atoms with Crippen molar-refractivity contribution in [1.82, 2.24) is 5.32 Å². The van der Waals surface area contributed by atoms with E-state index in [0.29, 0.717) is 24.1 Å². The number of hydrogen-bond donors (Lipinski definition) is 3. The third-order valence-corrected chi connectivity index (χ3v) is 7.22. The van der Waals surface area contributed by atoms with Crippen molar-refractivity contribution >= 4 is 34.4 Å². The minimum Gasteiger partial charge on any atom is -0.508 e. The molecule has 0 radical (unpaired) electrons. The van der Waals surface area contributed by atoms with Gasteiger partial charge in [0.25, 0.3) is 5.91 Å². The second-order valence-corrected chi connectivity index (χ2v) is 9.58. The van der Waals surface area contributed by atoms with Crippen LogP contribution in [0.4, 0.5) is 0 Å². The number of carbonyl (C=O) groups is 2. The van der Waals surface area contributed by atoms with E-state index in [1.807, 2.05) is 30.0 Å². The highest BCUT2D eigenvalue weighted by Gasteiger charge is 2.13. The van der Waals surface area contributed by atoms with Crippen LogP contribution in [0.5, 0.6) is 5.75 Å². The van der Waals surface area contributed by atoms with Gasteiger partial charge in [0.1, 0.15) is 5.75 Å². The van der Waals surface area contributed by atoms with Gasteiger partial charge >= 0.3 is 5.97 Å². The van der Waals surface area contributed by atoms with E-state index in [0.717, 1.165) is 34.1 Å². The average Bonchev–Trinajstić information content (AvgIpc) is 3.31. The summed E-state index contributed by atoms with van der Waals surface area (Å²) in [7, 11) is 0. The zero-order valence-electron chi connectivity index (χ0n) is 18.4. The van der Waals surface area contributed by atoms with Crippen molar-refractivity contribution in [3.8, 4) is 5.75 Å². The van der Waals surface area contributed by atoms with Crippen LogP contribution in [0.3, 0.4) is 0 Å². The van der Waals surface area contributed by atoms with Gasteiger partial charge in [-0.25, -0.2) is 4.79 Å². The van der Waals surface area contributed by atoms with Crippen molar-refractivity contribution in [1.29, 1.82) is 0 Å². The normalized spacial score (nSPS) is 12.5. The Morgan fingerprint density at radius 2 is 1.62 bits per heavy atom. The van der Waals surface area contributed by atoms with Crippen LogP contribution < -0.4 is 5.32 Å². The van der Waals surface area contributed by atoms with E-state index in [-0.39, 0.29) is 17.2 Å². The van der Waals surface area contributed by atoms with Crippen LogP contribution in [0.2, 0.25) is 0 Å². The average molecular weight is 470 g/mol. The molecule has 0 unspecified atom stereocenters. The number of carboxylic acids is 1. The lowest BCUT2D eigenvalue weighted by atomic mass is 9.98. The zero-order valence-corrected chi connectivity index (χ0v) is 19.2. The van der Waals surface area contributed by atoms with Crippen molar-refractivity contribution in [2.45, 2.75) is 24.3 Å². The molecule has 0 saturated heterocycles. The summed E-state index contributed by atoms with van der Waals surface area (Å²) in [6.07, 6.45) is 1.53. The van der Waals surface area contributed by atoms with Crippen molar-refractivity contribution in [2.24, 2.45) is 0 Å². The van der Waals surface area contributed by atoms with Crippen LogP contribution in [0.25, 0.3) is 10.8 Å². The molecule has 0 fully saturated rings. The number of thioether (sulfide) groups is 1. The Hall–Kier alpha value is -3.77. The Labute approximate surface area is 201 Å². The zero-order chi connectivity index (χ0) is 23.7. The van der Waals surface area contributed by atoms with E-state index in [1.165, 1.54) is 10.5 Å². The molecule has 1 amide bonds. The predicted octanol–water partition coefficient (Wildman–Crippen LogP) is 5.41. The molecule has 6 heteroatoms. The summed E-state index contributed by atoms with van der Waals surface area (Å²) in [5, 5.41) is 24.3. The monoisotopic (exact) mass is 469 g/mol. The molecule has 4 aromatic carbocycles. The summed E-state index contributed by atoms with van der Waals surface area (Å²) in [5.74, 6) is 0.173. The summed E-state index contributed by atoms with van der Waals surface area (Å²) < 4.78 is 0. The highest BCUT2D eigenvalue weighted by molar-refractivity contribution is 7.99. The van der Waals surface area contributed by atoms with E-state index in [2.05, 4.69) is 23.5 Å². The molecule has 1 heterocycles. The largest absolute Gasteiger partial charge is 0.508 e. The van der Waals surface area contributed by atoms with Crippen LogP contribution in [-0.2, 0) is 19.4 Å². The smallest absolute Gasteiger partial charge is 0.335 e. The number of fused-ring (bicyclic) bond motifs is 2. The quantitative estimate of drug-likeness (QED) is 0.351. The van der Waals surface area contributed by atoms with E-state index < -0.39 is 5.97 Å². The number of nitrogens with one attached hydrogen (secondary N) is 1. The van der Waals surface area contributed by atoms with Crippen LogP contribution in [0.1, 0.15) is 43.0 Å². The number of carboxylic acid groups (broad SMARTS) is 1. The third-order valence-electron chi connectivity index (χ3n) is 6.10. The summed E-state index contributed by atoms with van der Waals surface area (Å²) in [4.78, 5) is 25.2. The van der Waals surface area contributed by atoms with Gasteiger partial charge in [-0.05, 0) is 81.9 Å². The molecule has 170 valence electrons. The van der Waals surface area contributed by atoms with Crippen LogP contribution in [0, 0.1) is 0 Å². The number of hydrogen-bond acceptors (Lipinski definition) is 4. The number of phenols is 1. The van der Waals surface area contributed by atoms with Crippen molar-refractivity contribution in [3.63, 3.8) is 0 Å². The molecule has 34 heavy (non-hydrogen) atoms. The maximum Gasteiger partial charge on any atom is 0.335 e. The highest BCUT2D eigenvalue weighted by atomic mass is 32.2. The van der Waals surface area contributed by atoms with Crippen LogP contribution in [-0.4, -0.2) is 27.8 Å². The molecule has 0 bridgehead atoms. The molecule has 0 aliphatic carbocycles. The second-order valence-electron chi connectivity index (χ2n) is 8.44. The van der Waals surface area contributed by atoms with Gasteiger partial charge in [-0.1, -0.05) is 30.3 Å². The summed E-state index contributed by atoms with van der Waals surface area (Å²) >= 11 is 1.87. The SMILES string of the molecule is O=C(O)c1ccc(Cc2cc3cc(C(=O)NCc4ccc5c(c4)CCS5)ccc3cc2O)cc1. The molecule has 4 aromatic rings. The Balaban J connectivity index is 1.33. The maximum absolute atomic E-state index is 12.8. The first kappa shape index (κ1) is 22.0. The fourth-order valence-corrected chi connectivity index (χ4v) is 5.29. The molecule has 0 aromatic heterocycles. The molecular formula is C28H23NO4S. The second kappa shape index (κ2) is 9.23. The van der Waals surface area contributed by atoms with Crippen LogP contribution >= 0.6 is 11.8 Å². The van der Waals surface area contributed by atoms with E-state index in [4.69, 9.17) is 5.11 Å².